The maximum absolute atomic E-state index is 10.8. The first-order valence-corrected chi connectivity index (χ1v) is 4.97. The molecule has 82 valence electrons. The van der Waals surface area contributed by atoms with E-state index in [9.17, 15) is 4.79 Å². The molecule has 2 atom stereocenters. The molecule has 1 aliphatic rings. The van der Waals surface area contributed by atoms with Gasteiger partial charge in [-0.2, -0.15) is 0 Å². The minimum atomic E-state index is -0.707. The van der Waals surface area contributed by atoms with Crippen LogP contribution in [0.15, 0.2) is 0 Å². The van der Waals surface area contributed by atoms with Crippen molar-refractivity contribution in [3.05, 3.63) is 0 Å². The van der Waals surface area contributed by atoms with Crippen molar-refractivity contribution in [3.63, 3.8) is 0 Å². The van der Waals surface area contributed by atoms with Crippen molar-refractivity contribution >= 4 is 5.97 Å². The molecule has 1 aliphatic heterocycles. The zero-order chi connectivity index (χ0) is 10.9. The van der Waals surface area contributed by atoms with Crippen LogP contribution in [0, 0.1) is 0 Å². The molecule has 1 heterocycles. The van der Waals surface area contributed by atoms with Gasteiger partial charge in [0.15, 0.2) is 0 Å². The summed E-state index contributed by atoms with van der Waals surface area (Å²) >= 11 is 0. The molecule has 0 spiro atoms. The van der Waals surface area contributed by atoms with Crippen LogP contribution in [0.5, 0.6) is 0 Å². The fraction of sp³-hybridized carbons (Fsp3) is 0.900. The van der Waals surface area contributed by atoms with Gasteiger partial charge in [-0.1, -0.05) is 0 Å². The van der Waals surface area contributed by atoms with Crippen LogP contribution in [0.3, 0.4) is 0 Å². The van der Waals surface area contributed by atoms with Crippen molar-refractivity contribution < 1.29 is 9.90 Å². The van der Waals surface area contributed by atoms with E-state index >= 15 is 0 Å². The minimum Gasteiger partial charge on any atom is -0.481 e. The lowest BCUT2D eigenvalue weighted by molar-refractivity contribution is -0.139. The number of carboxylic acids is 1. The molecule has 1 rings (SSSR count). The monoisotopic (exact) mass is 200 g/mol. The molecule has 14 heavy (non-hydrogen) atoms. The van der Waals surface area contributed by atoms with Crippen molar-refractivity contribution in [2.45, 2.75) is 31.3 Å². The lowest BCUT2D eigenvalue weighted by atomic mass is 9.91. The van der Waals surface area contributed by atoms with E-state index in [1.807, 2.05) is 14.1 Å². The Morgan fingerprint density at radius 2 is 2.21 bits per heavy atom. The summed E-state index contributed by atoms with van der Waals surface area (Å²) in [4.78, 5) is 15.1. The standard InChI is InChI=1S/C10H20N2O2/c1-8-5-10(11(2)3,6-9(13)14)7-12(8)4/h8H,5-7H2,1-4H3,(H,13,14). The summed E-state index contributed by atoms with van der Waals surface area (Å²) in [6, 6.07) is 0.469. The third-order valence-electron chi connectivity index (χ3n) is 3.40. The van der Waals surface area contributed by atoms with Crippen LogP contribution >= 0.6 is 0 Å². The quantitative estimate of drug-likeness (QED) is 0.720. The predicted octanol–water partition coefficient (Wildman–Crippen LogP) is 0.486. The lowest BCUT2D eigenvalue weighted by Gasteiger charge is -2.34. The Morgan fingerprint density at radius 3 is 2.50 bits per heavy atom. The summed E-state index contributed by atoms with van der Waals surface area (Å²) in [6.45, 7) is 2.99. The normalized spacial score (nSPS) is 33.9. The molecule has 0 radical (unpaired) electrons. The second-order valence-electron chi connectivity index (χ2n) is 4.66. The maximum atomic E-state index is 10.8. The van der Waals surface area contributed by atoms with E-state index in [0.29, 0.717) is 6.04 Å². The molecule has 0 saturated carbocycles. The average molecular weight is 200 g/mol. The average Bonchev–Trinajstić information content (AvgIpc) is 2.27. The molecule has 0 bridgehead atoms. The van der Waals surface area contributed by atoms with E-state index in [1.165, 1.54) is 0 Å². The fourth-order valence-corrected chi connectivity index (χ4v) is 2.28. The Bertz CT molecular complexity index is 218. The zero-order valence-electron chi connectivity index (χ0n) is 9.45. The third kappa shape index (κ3) is 2.07. The number of likely N-dealkylation sites (N-methyl/N-ethyl adjacent to an activating group) is 2. The Kier molecular flexibility index (Phi) is 3.17. The van der Waals surface area contributed by atoms with E-state index in [1.54, 1.807) is 0 Å². The molecule has 1 N–H and O–H groups in total. The summed E-state index contributed by atoms with van der Waals surface area (Å²) in [6.07, 6.45) is 1.16. The predicted molar refractivity (Wildman–Crippen MR) is 55.4 cm³/mol. The van der Waals surface area contributed by atoms with Crippen molar-refractivity contribution in [2.24, 2.45) is 0 Å². The smallest absolute Gasteiger partial charge is 0.305 e. The molecule has 0 aromatic rings. The maximum Gasteiger partial charge on any atom is 0.305 e. The van der Waals surface area contributed by atoms with Gasteiger partial charge in [0.05, 0.1) is 6.42 Å². The molecule has 1 saturated heterocycles. The molecule has 0 aliphatic carbocycles. The van der Waals surface area contributed by atoms with Gasteiger partial charge in [0, 0.05) is 18.1 Å². The van der Waals surface area contributed by atoms with Crippen LogP contribution < -0.4 is 0 Å². The van der Waals surface area contributed by atoms with Gasteiger partial charge in [0.2, 0.25) is 0 Å². The number of likely N-dealkylation sites (tertiary alicyclic amines) is 1. The summed E-state index contributed by atoms with van der Waals surface area (Å²) in [5.74, 6) is -0.707. The molecule has 4 heteroatoms. The topological polar surface area (TPSA) is 43.8 Å². The summed E-state index contributed by atoms with van der Waals surface area (Å²) in [7, 11) is 5.99. The van der Waals surface area contributed by atoms with Gasteiger partial charge >= 0.3 is 5.97 Å². The van der Waals surface area contributed by atoms with Crippen LogP contribution in [0.4, 0.5) is 0 Å². The first-order chi connectivity index (χ1) is 6.37. The highest BCUT2D eigenvalue weighted by Crippen LogP contribution is 2.32. The lowest BCUT2D eigenvalue weighted by Crippen LogP contribution is -2.47. The van der Waals surface area contributed by atoms with Crippen molar-refractivity contribution in [1.82, 2.24) is 9.80 Å². The van der Waals surface area contributed by atoms with Crippen molar-refractivity contribution in [2.75, 3.05) is 27.7 Å². The van der Waals surface area contributed by atoms with Crippen LogP contribution in [-0.2, 0) is 4.79 Å². The minimum absolute atomic E-state index is 0.181. The Morgan fingerprint density at radius 1 is 1.64 bits per heavy atom. The number of rotatable bonds is 3. The van der Waals surface area contributed by atoms with Crippen LogP contribution in [0.25, 0.3) is 0 Å². The molecule has 0 aromatic carbocycles. The molecular weight excluding hydrogens is 180 g/mol. The van der Waals surface area contributed by atoms with Gasteiger partial charge in [0.1, 0.15) is 0 Å². The van der Waals surface area contributed by atoms with Gasteiger partial charge in [-0.3, -0.25) is 4.79 Å². The van der Waals surface area contributed by atoms with E-state index in [0.717, 1.165) is 13.0 Å². The summed E-state index contributed by atoms with van der Waals surface area (Å²) in [5.41, 5.74) is -0.181. The van der Waals surface area contributed by atoms with Crippen LogP contribution in [0.2, 0.25) is 0 Å². The van der Waals surface area contributed by atoms with Gasteiger partial charge in [-0.25, -0.2) is 0 Å². The van der Waals surface area contributed by atoms with Crippen molar-refractivity contribution in [1.29, 1.82) is 0 Å². The van der Waals surface area contributed by atoms with Gasteiger partial charge in [0.25, 0.3) is 0 Å². The number of carbonyl (C=O) groups is 1. The number of hydrogen-bond acceptors (Lipinski definition) is 3. The van der Waals surface area contributed by atoms with E-state index in [2.05, 4.69) is 23.8 Å². The second kappa shape index (κ2) is 3.87. The summed E-state index contributed by atoms with van der Waals surface area (Å²) < 4.78 is 0. The molecule has 0 aromatic heterocycles. The third-order valence-corrected chi connectivity index (χ3v) is 3.40. The number of carboxylic acid groups (broad SMARTS) is 1. The van der Waals surface area contributed by atoms with E-state index in [-0.39, 0.29) is 12.0 Å². The highest BCUT2D eigenvalue weighted by molar-refractivity contribution is 5.68. The fourth-order valence-electron chi connectivity index (χ4n) is 2.28. The van der Waals surface area contributed by atoms with Gasteiger partial charge in [-0.15, -0.1) is 0 Å². The number of aliphatic carboxylic acids is 1. The number of nitrogens with zero attached hydrogens (tertiary/aromatic N) is 2. The van der Waals surface area contributed by atoms with Gasteiger partial charge < -0.3 is 14.9 Å². The highest BCUT2D eigenvalue weighted by atomic mass is 16.4. The SMILES string of the molecule is CC1CC(CC(=O)O)(N(C)C)CN1C. The Balaban J connectivity index is 2.80. The van der Waals surface area contributed by atoms with Crippen LogP contribution in [0.1, 0.15) is 19.8 Å². The zero-order valence-corrected chi connectivity index (χ0v) is 9.45. The second-order valence-corrected chi connectivity index (χ2v) is 4.66. The van der Waals surface area contributed by atoms with Gasteiger partial charge in [-0.05, 0) is 34.5 Å². The van der Waals surface area contributed by atoms with Crippen LogP contribution in [-0.4, -0.2) is 60.1 Å². The first-order valence-electron chi connectivity index (χ1n) is 4.97. The van der Waals surface area contributed by atoms with E-state index < -0.39 is 5.97 Å². The molecule has 1 fully saturated rings. The van der Waals surface area contributed by atoms with Crippen molar-refractivity contribution in [3.8, 4) is 0 Å². The molecular formula is C10H20N2O2. The summed E-state index contributed by atoms with van der Waals surface area (Å²) in [5, 5.41) is 8.92. The molecule has 2 unspecified atom stereocenters. The first kappa shape index (κ1) is 11.5. The highest BCUT2D eigenvalue weighted by Gasteiger charge is 2.43. The molecule has 0 amide bonds. The largest absolute Gasteiger partial charge is 0.481 e. The number of hydrogen-bond donors (Lipinski definition) is 1. The van der Waals surface area contributed by atoms with E-state index in [4.69, 9.17) is 5.11 Å². The Hall–Kier alpha value is -0.610. The molecule has 4 nitrogen and oxygen atoms in total. The Labute approximate surface area is 85.5 Å².